The van der Waals surface area contributed by atoms with E-state index in [1.165, 1.54) is 0 Å². The Morgan fingerprint density at radius 2 is 2.29 bits per heavy atom. The minimum atomic E-state index is -0.203. The van der Waals surface area contributed by atoms with Crippen LogP contribution in [0.4, 0.5) is 0 Å². The largest absolute Gasteiger partial charge is 0.396 e. The molecule has 0 aromatic carbocycles. The van der Waals surface area contributed by atoms with Gasteiger partial charge in [0.15, 0.2) is 0 Å². The Morgan fingerprint density at radius 1 is 1.47 bits per heavy atom. The molecule has 0 bridgehead atoms. The molecule has 2 aromatic heterocycles. The summed E-state index contributed by atoms with van der Waals surface area (Å²) in [6.45, 7) is 1.71. The summed E-state index contributed by atoms with van der Waals surface area (Å²) in [5.74, 6) is 0.502. The summed E-state index contributed by atoms with van der Waals surface area (Å²) >= 11 is 0. The zero-order valence-corrected chi connectivity index (χ0v) is 9.47. The van der Waals surface area contributed by atoms with Gasteiger partial charge in [-0.05, 0) is 19.1 Å². The van der Waals surface area contributed by atoms with E-state index in [0.717, 1.165) is 5.56 Å². The molecule has 0 saturated carbocycles. The Kier molecular flexibility index (Phi) is 3.30. The number of hydrogen-bond donors (Lipinski definition) is 2. The molecule has 5 nitrogen and oxygen atoms in total. The third-order valence-electron chi connectivity index (χ3n) is 2.52. The number of aromatic nitrogens is 3. The maximum atomic E-state index is 11.8. The molecule has 0 fully saturated rings. The van der Waals surface area contributed by atoms with Crippen LogP contribution in [0.3, 0.4) is 0 Å². The van der Waals surface area contributed by atoms with Crippen molar-refractivity contribution >= 4 is 0 Å². The van der Waals surface area contributed by atoms with Gasteiger partial charge in [0.1, 0.15) is 5.82 Å². The van der Waals surface area contributed by atoms with Crippen LogP contribution in [0.5, 0.6) is 0 Å². The summed E-state index contributed by atoms with van der Waals surface area (Å²) in [6.07, 6.45) is 3.62. The molecule has 0 saturated heterocycles. The fraction of sp³-hybridized carbons (Fsp3) is 0.250. The van der Waals surface area contributed by atoms with E-state index in [1.54, 1.807) is 25.4 Å². The van der Waals surface area contributed by atoms with Crippen molar-refractivity contribution in [3.05, 3.63) is 46.1 Å². The number of aryl methyl sites for hydroxylation is 1. The van der Waals surface area contributed by atoms with Crippen molar-refractivity contribution in [2.24, 2.45) is 0 Å². The number of nitrogens with zero attached hydrogens (tertiary/aromatic N) is 2. The van der Waals surface area contributed by atoms with Crippen LogP contribution in [0.25, 0.3) is 11.4 Å². The SMILES string of the molecule is Cc1nc(-c2cccnc2)[nH]c(=O)c1CCO. The predicted octanol–water partition coefficient (Wildman–Crippen LogP) is 0.675. The molecule has 0 radical (unpaired) electrons. The molecule has 2 aromatic rings. The first kappa shape index (κ1) is 11.5. The number of aliphatic hydroxyl groups excluding tert-OH is 1. The summed E-state index contributed by atoms with van der Waals surface area (Å²) in [4.78, 5) is 22.8. The second-order valence-electron chi connectivity index (χ2n) is 3.69. The molecule has 0 unspecified atom stereocenters. The molecule has 17 heavy (non-hydrogen) atoms. The van der Waals surface area contributed by atoms with E-state index in [2.05, 4.69) is 15.0 Å². The first-order valence-corrected chi connectivity index (χ1v) is 5.33. The summed E-state index contributed by atoms with van der Waals surface area (Å²) in [5.41, 5.74) is 1.73. The first-order chi connectivity index (χ1) is 8.22. The topological polar surface area (TPSA) is 78.9 Å². The van der Waals surface area contributed by atoms with E-state index >= 15 is 0 Å². The standard InChI is InChI=1S/C12H13N3O2/c1-8-10(4-6-16)12(17)15-11(14-8)9-3-2-5-13-7-9/h2-3,5,7,16H,4,6H2,1H3,(H,14,15,17). The van der Waals surface area contributed by atoms with Crippen LogP contribution in [0.2, 0.25) is 0 Å². The van der Waals surface area contributed by atoms with Crippen LogP contribution < -0.4 is 5.56 Å². The first-order valence-electron chi connectivity index (χ1n) is 5.33. The fourth-order valence-corrected chi connectivity index (χ4v) is 1.66. The Bertz CT molecular complexity index is 564. The number of aliphatic hydroxyl groups is 1. The normalized spacial score (nSPS) is 10.5. The van der Waals surface area contributed by atoms with E-state index in [0.29, 0.717) is 23.5 Å². The minimum Gasteiger partial charge on any atom is -0.396 e. The van der Waals surface area contributed by atoms with E-state index in [1.807, 2.05) is 6.07 Å². The van der Waals surface area contributed by atoms with Gasteiger partial charge in [-0.3, -0.25) is 9.78 Å². The molecule has 2 rings (SSSR count). The number of rotatable bonds is 3. The van der Waals surface area contributed by atoms with Crippen molar-refractivity contribution in [2.75, 3.05) is 6.61 Å². The average molecular weight is 231 g/mol. The molecule has 0 spiro atoms. The Labute approximate surface area is 98.2 Å². The maximum Gasteiger partial charge on any atom is 0.254 e. The second kappa shape index (κ2) is 4.88. The van der Waals surface area contributed by atoms with Gasteiger partial charge >= 0.3 is 0 Å². The summed E-state index contributed by atoms with van der Waals surface area (Å²) < 4.78 is 0. The van der Waals surface area contributed by atoms with Gasteiger partial charge in [0.25, 0.3) is 5.56 Å². The average Bonchev–Trinajstić information content (AvgIpc) is 2.35. The zero-order chi connectivity index (χ0) is 12.3. The summed E-state index contributed by atoms with van der Waals surface area (Å²) in [6, 6.07) is 3.61. The maximum absolute atomic E-state index is 11.8. The Morgan fingerprint density at radius 3 is 2.88 bits per heavy atom. The van der Waals surface area contributed by atoms with Gasteiger partial charge < -0.3 is 10.1 Å². The number of pyridine rings is 1. The molecule has 5 heteroatoms. The molecule has 2 heterocycles. The number of nitrogens with one attached hydrogen (secondary N) is 1. The lowest BCUT2D eigenvalue weighted by Crippen LogP contribution is -2.18. The predicted molar refractivity (Wildman–Crippen MR) is 63.6 cm³/mol. The van der Waals surface area contributed by atoms with Crippen molar-refractivity contribution in [3.8, 4) is 11.4 Å². The highest BCUT2D eigenvalue weighted by Crippen LogP contribution is 2.12. The Hall–Kier alpha value is -2.01. The van der Waals surface area contributed by atoms with E-state index in [4.69, 9.17) is 5.11 Å². The van der Waals surface area contributed by atoms with Crippen LogP contribution >= 0.6 is 0 Å². The van der Waals surface area contributed by atoms with Crippen molar-refractivity contribution in [3.63, 3.8) is 0 Å². The molecule has 0 aliphatic carbocycles. The van der Waals surface area contributed by atoms with Gasteiger partial charge in [-0.2, -0.15) is 0 Å². The molecule has 2 N–H and O–H groups in total. The van der Waals surface area contributed by atoms with Crippen LogP contribution in [0.15, 0.2) is 29.3 Å². The lowest BCUT2D eigenvalue weighted by atomic mass is 10.1. The van der Waals surface area contributed by atoms with Crippen LogP contribution in [0.1, 0.15) is 11.3 Å². The van der Waals surface area contributed by atoms with Crippen molar-refractivity contribution in [1.29, 1.82) is 0 Å². The summed E-state index contributed by atoms with van der Waals surface area (Å²) in [5, 5.41) is 8.86. The van der Waals surface area contributed by atoms with Gasteiger partial charge in [-0.25, -0.2) is 4.98 Å². The lowest BCUT2D eigenvalue weighted by molar-refractivity contribution is 0.298. The minimum absolute atomic E-state index is 0.0577. The zero-order valence-electron chi connectivity index (χ0n) is 9.47. The van der Waals surface area contributed by atoms with Gasteiger partial charge in [-0.1, -0.05) is 0 Å². The molecule has 0 aliphatic rings. The fourth-order valence-electron chi connectivity index (χ4n) is 1.66. The smallest absolute Gasteiger partial charge is 0.254 e. The lowest BCUT2D eigenvalue weighted by Gasteiger charge is -2.05. The molecule has 0 atom stereocenters. The van der Waals surface area contributed by atoms with Crippen LogP contribution in [-0.4, -0.2) is 26.7 Å². The van der Waals surface area contributed by atoms with Gasteiger partial charge in [0, 0.05) is 42.2 Å². The third-order valence-corrected chi connectivity index (χ3v) is 2.52. The van der Waals surface area contributed by atoms with E-state index in [-0.39, 0.29) is 12.2 Å². The van der Waals surface area contributed by atoms with Crippen LogP contribution in [-0.2, 0) is 6.42 Å². The third kappa shape index (κ3) is 2.39. The molecular formula is C12H13N3O2. The van der Waals surface area contributed by atoms with Gasteiger partial charge in [0.2, 0.25) is 0 Å². The number of hydrogen-bond acceptors (Lipinski definition) is 4. The van der Waals surface area contributed by atoms with E-state index < -0.39 is 0 Å². The number of H-pyrrole nitrogens is 1. The van der Waals surface area contributed by atoms with Gasteiger partial charge in [0.05, 0.1) is 0 Å². The molecular weight excluding hydrogens is 218 g/mol. The highest BCUT2D eigenvalue weighted by Gasteiger charge is 2.08. The Balaban J connectivity index is 2.50. The van der Waals surface area contributed by atoms with Crippen molar-refractivity contribution in [1.82, 2.24) is 15.0 Å². The quantitative estimate of drug-likeness (QED) is 0.814. The second-order valence-corrected chi connectivity index (χ2v) is 3.69. The molecule has 0 aliphatic heterocycles. The molecule has 88 valence electrons. The molecule has 0 amide bonds. The van der Waals surface area contributed by atoms with Crippen molar-refractivity contribution in [2.45, 2.75) is 13.3 Å². The number of aromatic amines is 1. The highest BCUT2D eigenvalue weighted by molar-refractivity contribution is 5.53. The highest BCUT2D eigenvalue weighted by atomic mass is 16.3. The van der Waals surface area contributed by atoms with Crippen LogP contribution in [0, 0.1) is 6.92 Å². The summed E-state index contributed by atoms with van der Waals surface area (Å²) in [7, 11) is 0. The van der Waals surface area contributed by atoms with Gasteiger partial charge in [-0.15, -0.1) is 0 Å². The van der Waals surface area contributed by atoms with Crippen molar-refractivity contribution < 1.29 is 5.11 Å². The monoisotopic (exact) mass is 231 g/mol. The van der Waals surface area contributed by atoms with E-state index in [9.17, 15) is 4.79 Å².